The number of nitrogens with one attached hydrogen (secondary N) is 1. The van der Waals surface area contributed by atoms with Crippen LogP contribution in [0, 0.1) is 0 Å². The zero-order chi connectivity index (χ0) is 9.64. The molecule has 3 heteroatoms. The summed E-state index contributed by atoms with van der Waals surface area (Å²) in [5, 5.41) is 3.40. The molecule has 1 saturated heterocycles. The van der Waals surface area contributed by atoms with Crippen molar-refractivity contribution in [3.8, 4) is 0 Å². The first-order chi connectivity index (χ1) is 6.95. The Balaban J connectivity index is 1.57. The van der Waals surface area contributed by atoms with Gasteiger partial charge in [-0.3, -0.25) is 4.99 Å². The third-order valence-electron chi connectivity index (χ3n) is 2.94. The van der Waals surface area contributed by atoms with Gasteiger partial charge in [0.25, 0.3) is 0 Å². The van der Waals surface area contributed by atoms with Crippen molar-refractivity contribution in [3.05, 3.63) is 0 Å². The Morgan fingerprint density at radius 2 is 2.36 bits per heavy atom. The minimum absolute atomic E-state index is 0.498. The molecule has 80 valence electrons. The third-order valence-corrected chi connectivity index (χ3v) is 2.94. The van der Waals surface area contributed by atoms with Crippen LogP contribution in [0.1, 0.15) is 38.5 Å². The molecule has 0 aromatic rings. The fourth-order valence-corrected chi connectivity index (χ4v) is 2.10. The Kier molecular flexibility index (Phi) is 3.80. The van der Waals surface area contributed by atoms with E-state index in [9.17, 15) is 0 Å². The van der Waals surface area contributed by atoms with Crippen LogP contribution in [0.25, 0.3) is 0 Å². The molecule has 3 nitrogen and oxygen atoms in total. The lowest BCUT2D eigenvalue weighted by atomic mass is 10.1. The van der Waals surface area contributed by atoms with E-state index in [1.807, 2.05) is 0 Å². The van der Waals surface area contributed by atoms with E-state index < -0.39 is 0 Å². The summed E-state index contributed by atoms with van der Waals surface area (Å²) in [6, 6.07) is 0. The van der Waals surface area contributed by atoms with Crippen molar-refractivity contribution < 1.29 is 4.74 Å². The molecule has 14 heavy (non-hydrogen) atoms. The first-order valence-electron chi connectivity index (χ1n) is 5.84. The van der Waals surface area contributed by atoms with Crippen molar-refractivity contribution in [1.82, 2.24) is 5.32 Å². The van der Waals surface area contributed by atoms with Crippen molar-refractivity contribution in [2.75, 3.05) is 19.7 Å². The quantitative estimate of drug-likeness (QED) is 0.745. The Hall–Kier alpha value is -0.570. The molecule has 2 heterocycles. The van der Waals surface area contributed by atoms with Gasteiger partial charge in [0.1, 0.15) is 0 Å². The monoisotopic (exact) mass is 196 g/mol. The molecule has 1 atom stereocenters. The first-order valence-corrected chi connectivity index (χ1v) is 5.84. The molecule has 2 rings (SSSR count). The standard InChI is InChI=1S/C11H20N2O/c1-2-9-14-10(4-1)6-8-13-11-5-3-7-12-11/h10H,1-9H2,(H,12,13). The lowest BCUT2D eigenvalue weighted by molar-refractivity contribution is 0.0122. The zero-order valence-electron chi connectivity index (χ0n) is 8.80. The van der Waals surface area contributed by atoms with Crippen molar-refractivity contribution in [1.29, 1.82) is 0 Å². The minimum atomic E-state index is 0.498. The molecular formula is C11H20N2O. The molecule has 0 aliphatic carbocycles. The van der Waals surface area contributed by atoms with Crippen molar-refractivity contribution in [3.63, 3.8) is 0 Å². The van der Waals surface area contributed by atoms with Crippen LogP contribution in [0.2, 0.25) is 0 Å². The van der Waals surface area contributed by atoms with E-state index in [4.69, 9.17) is 4.74 Å². The molecule has 1 unspecified atom stereocenters. The van der Waals surface area contributed by atoms with E-state index in [-0.39, 0.29) is 0 Å². The lowest BCUT2D eigenvalue weighted by Crippen LogP contribution is -2.28. The highest BCUT2D eigenvalue weighted by Gasteiger charge is 2.13. The van der Waals surface area contributed by atoms with Gasteiger partial charge in [-0.05, 0) is 32.1 Å². The van der Waals surface area contributed by atoms with Crippen LogP contribution in [0.3, 0.4) is 0 Å². The van der Waals surface area contributed by atoms with Gasteiger partial charge in [-0.15, -0.1) is 0 Å². The summed E-state index contributed by atoms with van der Waals surface area (Å²) in [5.74, 6) is 1.21. The highest BCUT2D eigenvalue weighted by atomic mass is 16.5. The summed E-state index contributed by atoms with van der Waals surface area (Å²) in [5.41, 5.74) is 0. The molecule has 0 amide bonds. The molecule has 0 aromatic carbocycles. The molecule has 0 bridgehead atoms. The zero-order valence-corrected chi connectivity index (χ0v) is 8.80. The first kappa shape index (κ1) is 9.97. The number of hydrogen-bond acceptors (Lipinski definition) is 3. The summed E-state index contributed by atoms with van der Waals surface area (Å²) < 4.78 is 5.66. The Morgan fingerprint density at radius 3 is 3.07 bits per heavy atom. The van der Waals surface area contributed by atoms with Crippen molar-refractivity contribution in [2.24, 2.45) is 4.99 Å². The van der Waals surface area contributed by atoms with Gasteiger partial charge in [0.05, 0.1) is 11.9 Å². The normalized spacial score (nSPS) is 27.4. The second-order valence-corrected chi connectivity index (χ2v) is 4.14. The fourth-order valence-electron chi connectivity index (χ4n) is 2.10. The van der Waals surface area contributed by atoms with E-state index in [0.717, 1.165) is 32.5 Å². The number of amidine groups is 1. The van der Waals surface area contributed by atoms with Crippen LogP contribution < -0.4 is 5.32 Å². The number of nitrogens with zero attached hydrogens (tertiary/aromatic N) is 1. The third kappa shape index (κ3) is 2.98. The maximum atomic E-state index is 5.66. The summed E-state index contributed by atoms with van der Waals surface area (Å²) in [6.07, 6.45) is 7.83. The molecule has 1 N–H and O–H groups in total. The van der Waals surface area contributed by atoms with Crippen LogP contribution in [0.4, 0.5) is 0 Å². The summed E-state index contributed by atoms with van der Waals surface area (Å²) in [4.78, 5) is 4.38. The van der Waals surface area contributed by atoms with E-state index in [1.54, 1.807) is 0 Å². The largest absolute Gasteiger partial charge is 0.378 e. The summed E-state index contributed by atoms with van der Waals surface area (Å²) in [6.45, 7) is 3.01. The van der Waals surface area contributed by atoms with Crippen LogP contribution in [0.5, 0.6) is 0 Å². The smallest absolute Gasteiger partial charge is 0.0963 e. The number of ether oxygens (including phenoxy) is 1. The van der Waals surface area contributed by atoms with E-state index >= 15 is 0 Å². The number of hydrogen-bond donors (Lipinski definition) is 1. The van der Waals surface area contributed by atoms with Crippen LogP contribution in [-0.2, 0) is 4.74 Å². The van der Waals surface area contributed by atoms with Gasteiger partial charge in [-0.25, -0.2) is 0 Å². The molecule has 0 spiro atoms. The highest BCUT2D eigenvalue weighted by molar-refractivity contribution is 5.83. The second-order valence-electron chi connectivity index (χ2n) is 4.14. The maximum absolute atomic E-state index is 5.66. The molecule has 1 fully saturated rings. The van der Waals surface area contributed by atoms with Gasteiger partial charge < -0.3 is 10.1 Å². The predicted molar refractivity (Wildman–Crippen MR) is 57.7 cm³/mol. The average molecular weight is 196 g/mol. The van der Waals surface area contributed by atoms with Gasteiger partial charge >= 0.3 is 0 Å². The average Bonchev–Trinajstić information content (AvgIpc) is 2.72. The van der Waals surface area contributed by atoms with Gasteiger partial charge in [0.15, 0.2) is 0 Å². The molecule has 2 aliphatic rings. The topological polar surface area (TPSA) is 33.6 Å². The Morgan fingerprint density at radius 1 is 1.36 bits per heavy atom. The Labute approximate surface area is 85.9 Å². The summed E-state index contributed by atoms with van der Waals surface area (Å²) in [7, 11) is 0. The summed E-state index contributed by atoms with van der Waals surface area (Å²) >= 11 is 0. The van der Waals surface area contributed by atoms with E-state index in [1.165, 1.54) is 31.5 Å². The van der Waals surface area contributed by atoms with Crippen molar-refractivity contribution in [2.45, 2.75) is 44.6 Å². The van der Waals surface area contributed by atoms with E-state index in [2.05, 4.69) is 10.3 Å². The second kappa shape index (κ2) is 5.35. The predicted octanol–water partition coefficient (Wildman–Crippen LogP) is 1.73. The molecule has 0 radical (unpaired) electrons. The molecule has 0 saturated carbocycles. The van der Waals surface area contributed by atoms with Crippen LogP contribution >= 0.6 is 0 Å². The number of aliphatic imine (C=N–C) groups is 1. The lowest BCUT2D eigenvalue weighted by Gasteiger charge is -2.22. The number of rotatable bonds is 3. The van der Waals surface area contributed by atoms with Gasteiger partial charge in [-0.2, -0.15) is 0 Å². The SMILES string of the molecule is C1CCC(CCNC2=NCCC2)OC1. The Bertz CT molecular complexity index is 197. The van der Waals surface area contributed by atoms with Gasteiger partial charge in [-0.1, -0.05) is 0 Å². The van der Waals surface area contributed by atoms with Gasteiger partial charge in [0, 0.05) is 26.1 Å². The van der Waals surface area contributed by atoms with Gasteiger partial charge in [0.2, 0.25) is 0 Å². The van der Waals surface area contributed by atoms with E-state index in [0.29, 0.717) is 6.10 Å². The minimum Gasteiger partial charge on any atom is -0.378 e. The molecule has 2 aliphatic heterocycles. The van der Waals surface area contributed by atoms with Crippen molar-refractivity contribution >= 4 is 5.84 Å². The molecule has 0 aromatic heterocycles. The molecular weight excluding hydrogens is 176 g/mol. The van der Waals surface area contributed by atoms with Crippen LogP contribution in [0.15, 0.2) is 4.99 Å². The highest BCUT2D eigenvalue weighted by Crippen LogP contribution is 2.14. The fraction of sp³-hybridized carbons (Fsp3) is 0.909. The maximum Gasteiger partial charge on any atom is 0.0963 e. The van der Waals surface area contributed by atoms with Crippen LogP contribution in [-0.4, -0.2) is 31.6 Å².